The highest BCUT2D eigenvalue weighted by Crippen LogP contribution is 2.24. The van der Waals surface area contributed by atoms with Gasteiger partial charge in [0.25, 0.3) is 0 Å². The van der Waals surface area contributed by atoms with E-state index in [2.05, 4.69) is 20.5 Å². The lowest BCUT2D eigenvalue weighted by Crippen LogP contribution is -2.21. The molecule has 0 amide bonds. The lowest BCUT2D eigenvalue weighted by molar-refractivity contribution is 0.452. The summed E-state index contributed by atoms with van der Waals surface area (Å²) in [6, 6.07) is 5.85. The first-order valence-corrected chi connectivity index (χ1v) is 6.04. The fourth-order valence-corrected chi connectivity index (χ4v) is 1.89. The van der Waals surface area contributed by atoms with Gasteiger partial charge < -0.3 is 10.4 Å². The van der Waals surface area contributed by atoms with E-state index < -0.39 is 0 Å². The molecule has 1 unspecified atom stereocenters. The normalized spacial score (nSPS) is 12.6. The summed E-state index contributed by atoms with van der Waals surface area (Å²) in [5, 5.41) is 19.8. The van der Waals surface area contributed by atoms with E-state index in [-0.39, 0.29) is 6.04 Å². The molecular weight excluding hydrogens is 228 g/mol. The van der Waals surface area contributed by atoms with E-state index in [9.17, 15) is 5.11 Å². The number of hydrogen-bond acceptors (Lipinski definition) is 4. The Kier molecular flexibility index (Phi) is 3.94. The molecule has 0 radical (unpaired) electrons. The first kappa shape index (κ1) is 12.6. The smallest absolute Gasteiger partial charge is 0.137 e. The summed E-state index contributed by atoms with van der Waals surface area (Å²) in [7, 11) is 0. The molecule has 1 atom stereocenters. The van der Waals surface area contributed by atoms with Gasteiger partial charge in [0.1, 0.15) is 17.9 Å². The number of rotatable bonds is 5. The van der Waals surface area contributed by atoms with Gasteiger partial charge in [0, 0.05) is 24.6 Å². The van der Waals surface area contributed by atoms with Crippen LogP contribution >= 0.6 is 0 Å². The van der Waals surface area contributed by atoms with Crippen LogP contribution in [0.3, 0.4) is 0 Å². The molecule has 5 heteroatoms. The number of aromatic amines is 1. The second kappa shape index (κ2) is 5.64. The average Bonchev–Trinajstić information content (AvgIpc) is 2.81. The zero-order valence-electron chi connectivity index (χ0n) is 10.6. The predicted octanol–water partition coefficient (Wildman–Crippen LogP) is 1.71. The number of phenols is 1. The Balaban J connectivity index is 1.89. The lowest BCUT2D eigenvalue weighted by Gasteiger charge is -2.15. The number of H-pyrrole nitrogens is 1. The number of phenolic OH excluding ortho intramolecular Hbond substituents is 1. The van der Waals surface area contributed by atoms with Gasteiger partial charge in [-0.1, -0.05) is 12.1 Å². The van der Waals surface area contributed by atoms with E-state index >= 15 is 0 Å². The van der Waals surface area contributed by atoms with E-state index in [1.165, 1.54) is 6.33 Å². The van der Waals surface area contributed by atoms with Crippen molar-refractivity contribution in [3.8, 4) is 5.75 Å². The minimum atomic E-state index is 0.105. The van der Waals surface area contributed by atoms with Gasteiger partial charge in [-0.05, 0) is 25.5 Å². The van der Waals surface area contributed by atoms with Gasteiger partial charge in [0.05, 0.1) is 0 Å². The number of aryl methyl sites for hydroxylation is 1. The second-order valence-electron chi connectivity index (χ2n) is 4.42. The van der Waals surface area contributed by atoms with Gasteiger partial charge in [-0.3, -0.25) is 5.10 Å². The van der Waals surface area contributed by atoms with E-state index in [1.54, 1.807) is 6.07 Å². The highest BCUT2D eigenvalue weighted by molar-refractivity contribution is 5.37. The highest BCUT2D eigenvalue weighted by Gasteiger charge is 2.09. The fourth-order valence-electron chi connectivity index (χ4n) is 1.89. The summed E-state index contributed by atoms with van der Waals surface area (Å²) < 4.78 is 0. The molecule has 0 aliphatic heterocycles. The number of aromatic hydroxyl groups is 1. The van der Waals surface area contributed by atoms with Crippen molar-refractivity contribution in [3.63, 3.8) is 0 Å². The fraction of sp³-hybridized carbons (Fsp3) is 0.385. The molecule has 1 heterocycles. The Morgan fingerprint density at radius 2 is 2.28 bits per heavy atom. The molecule has 0 saturated heterocycles. The molecule has 0 aliphatic rings. The van der Waals surface area contributed by atoms with Gasteiger partial charge >= 0.3 is 0 Å². The summed E-state index contributed by atoms with van der Waals surface area (Å²) in [5.41, 5.74) is 1.98. The number of benzene rings is 1. The molecule has 0 spiro atoms. The Morgan fingerprint density at radius 1 is 1.44 bits per heavy atom. The van der Waals surface area contributed by atoms with Crippen molar-refractivity contribution in [1.29, 1.82) is 0 Å². The Hall–Kier alpha value is -1.88. The first-order valence-electron chi connectivity index (χ1n) is 6.04. The predicted molar refractivity (Wildman–Crippen MR) is 69.3 cm³/mol. The van der Waals surface area contributed by atoms with E-state index in [0.29, 0.717) is 5.75 Å². The maximum atomic E-state index is 9.88. The van der Waals surface area contributed by atoms with Crippen molar-refractivity contribution in [2.75, 3.05) is 6.54 Å². The molecule has 0 aliphatic carbocycles. The van der Waals surface area contributed by atoms with Crippen LogP contribution in [0.5, 0.6) is 5.75 Å². The van der Waals surface area contributed by atoms with E-state index in [1.807, 2.05) is 26.0 Å². The summed E-state index contributed by atoms with van der Waals surface area (Å²) in [4.78, 5) is 4.06. The SMILES string of the molecule is Cc1ccc(C(C)NCCc2ncn[nH]2)c(O)c1. The molecule has 96 valence electrons. The van der Waals surface area contributed by atoms with E-state index in [4.69, 9.17) is 0 Å². The maximum absolute atomic E-state index is 9.88. The van der Waals surface area contributed by atoms with Crippen molar-refractivity contribution in [3.05, 3.63) is 41.5 Å². The monoisotopic (exact) mass is 246 g/mol. The third kappa shape index (κ3) is 3.07. The quantitative estimate of drug-likeness (QED) is 0.751. The number of nitrogens with zero attached hydrogens (tertiary/aromatic N) is 2. The van der Waals surface area contributed by atoms with Crippen molar-refractivity contribution < 1.29 is 5.11 Å². The van der Waals surface area contributed by atoms with Gasteiger partial charge in [0.15, 0.2) is 0 Å². The van der Waals surface area contributed by atoms with Crippen molar-refractivity contribution in [1.82, 2.24) is 20.5 Å². The van der Waals surface area contributed by atoms with Gasteiger partial charge in [0.2, 0.25) is 0 Å². The number of nitrogens with one attached hydrogen (secondary N) is 2. The van der Waals surface area contributed by atoms with E-state index in [0.717, 1.165) is 29.9 Å². The van der Waals surface area contributed by atoms with Crippen molar-refractivity contribution in [2.45, 2.75) is 26.3 Å². The molecule has 2 aromatic rings. The molecule has 0 bridgehead atoms. The summed E-state index contributed by atoms with van der Waals surface area (Å²) in [5.74, 6) is 1.21. The van der Waals surface area contributed by atoms with Crippen LogP contribution < -0.4 is 5.32 Å². The van der Waals surface area contributed by atoms with Crippen LogP contribution in [0.15, 0.2) is 24.5 Å². The van der Waals surface area contributed by atoms with Crippen molar-refractivity contribution >= 4 is 0 Å². The second-order valence-corrected chi connectivity index (χ2v) is 4.42. The van der Waals surface area contributed by atoms with Crippen molar-refractivity contribution in [2.24, 2.45) is 0 Å². The van der Waals surface area contributed by atoms with Crippen LogP contribution in [0, 0.1) is 6.92 Å². The van der Waals surface area contributed by atoms with Gasteiger partial charge in [-0.2, -0.15) is 5.10 Å². The Labute approximate surface area is 106 Å². The van der Waals surface area contributed by atoms with Crippen LogP contribution in [0.4, 0.5) is 0 Å². The largest absolute Gasteiger partial charge is 0.508 e. The Bertz CT molecular complexity index is 496. The third-order valence-corrected chi connectivity index (χ3v) is 2.93. The lowest BCUT2D eigenvalue weighted by atomic mass is 10.1. The minimum Gasteiger partial charge on any atom is -0.508 e. The molecule has 3 N–H and O–H groups in total. The molecule has 1 aromatic heterocycles. The molecule has 0 saturated carbocycles. The molecule has 0 fully saturated rings. The summed E-state index contributed by atoms with van der Waals surface area (Å²) in [6.07, 6.45) is 2.29. The molecular formula is C13H18N4O. The molecule has 5 nitrogen and oxygen atoms in total. The van der Waals surface area contributed by atoms with Gasteiger partial charge in [-0.15, -0.1) is 0 Å². The zero-order valence-corrected chi connectivity index (χ0v) is 10.6. The standard InChI is InChI=1S/C13H18N4O/c1-9-3-4-11(12(18)7-9)10(2)14-6-5-13-15-8-16-17-13/h3-4,7-8,10,14,18H,5-6H2,1-2H3,(H,15,16,17). The van der Waals surface area contributed by atoms with Crippen LogP contribution in [0.25, 0.3) is 0 Å². The van der Waals surface area contributed by atoms with Crippen LogP contribution in [-0.4, -0.2) is 26.8 Å². The highest BCUT2D eigenvalue weighted by atomic mass is 16.3. The zero-order chi connectivity index (χ0) is 13.0. The van der Waals surface area contributed by atoms with Crippen LogP contribution in [-0.2, 0) is 6.42 Å². The average molecular weight is 246 g/mol. The first-order chi connectivity index (χ1) is 8.66. The summed E-state index contributed by atoms with van der Waals surface area (Å²) in [6.45, 7) is 4.78. The number of aromatic nitrogens is 3. The molecule has 18 heavy (non-hydrogen) atoms. The van der Waals surface area contributed by atoms with Crippen LogP contribution in [0.1, 0.15) is 29.9 Å². The topological polar surface area (TPSA) is 73.8 Å². The van der Waals surface area contributed by atoms with Crippen LogP contribution in [0.2, 0.25) is 0 Å². The van der Waals surface area contributed by atoms with Gasteiger partial charge in [-0.25, -0.2) is 4.98 Å². The minimum absolute atomic E-state index is 0.105. The number of hydrogen-bond donors (Lipinski definition) is 3. The maximum Gasteiger partial charge on any atom is 0.137 e. The Morgan fingerprint density at radius 3 is 2.94 bits per heavy atom. The molecule has 1 aromatic carbocycles. The summed E-state index contributed by atoms with van der Waals surface area (Å²) >= 11 is 0. The third-order valence-electron chi connectivity index (χ3n) is 2.93. The molecule has 2 rings (SSSR count).